The Kier molecular flexibility index (Phi) is 3.60. The van der Waals surface area contributed by atoms with Crippen LogP contribution in [0, 0.1) is 9.39 Å². The molecule has 0 unspecified atom stereocenters. The molecule has 19 heavy (non-hydrogen) atoms. The zero-order valence-corrected chi connectivity index (χ0v) is 13.2. The molecule has 0 atom stereocenters. The van der Waals surface area contributed by atoms with Gasteiger partial charge in [-0.2, -0.15) is 0 Å². The standard InChI is InChI=1S/C13H7ClFIN2S/c14-7-1-3-10(9(16)5-7)17-13-18-11-6-8(15)2-4-12(11)19-13/h1-6H,(H,17,18). The molecular formula is C13H7ClFIN2S. The van der Waals surface area contributed by atoms with E-state index in [0.29, 0.717) is 10.5 Å². The number of hydrogen-bond donors (Lipinski definition) is 1. The van der Waals surface area contributed by atoms with Crippen LogP contribution in [-0.2, 0) is 0 Å². The Bertz CT molecular complexity index is 759. The third-order valence-corrected chi connectivity index (χ3v) is 4.60. The highest BCUT2D eigenvalue weighted by atomic mass is 127. The summed E-state index contributed by atoms with van der Waals surface area (Å²) >= 11 is 9.61. The number of aromatic nitrogens is 1. The molecule has 1 aromatic heterocycles. The molecule has 0 aliphatic carbocycles. The van der Waals surface area contributed by atoms with Crippen molar-refractivity contribution in [3.63, 3.8) is 0 Å². The van der Waals surface area contributed by atoms with E-state index in [9.17, 15) is 4.39 Å². The Hall–Kier alpha value is -0.920. The molecule has 0 saturated carbocycles. The maximum atomic E-state index is 13.1. The highest BCUT2D eigenvalue weighted by molar-refractivity contribution is 14.1. The van der Waals surface area contributed by atoms with Crippen molar-refractivity contribution in [2.24, 2.45) is 0 Å². The van der Waals surface area contributed by atoms with Gasteiger partial charge in [0.2, 0.25) is 0 Å². The summed E-state index contributed by atoms with van der Waals surface area (Å²) in [6.45, 7) is 0. The molecule has 0 aliphatic heterocycles. The van der Waals surface area contributed by atoms with Gasteiger partial charge in [0, 0.05) is 14.7 Å². The van der Waals surface area contributed by atoms with Crippen molar-refractivity contribution in [2.75, 3.05) is 5.32 Å². The zero-order chi connectivity index (χ0) is 13.4. The molecular weight excluding hydrogens is 398 g/mol. The molecule has 0 bridgehead atoms. The fourth-order valence-corrected chi connectivity index (χ4v) is 3.52. The van der Waals surface area contributed by atoms with E-state index < -0.39 is 0 Å². The van der Waals surface area contributed by atoms with Gasteiger partial charge in [0.05, 0.1) is 15.9 Å². The Balaban J connectivity index is 1.96. The molecule has 0 saturated heterocycles. The Labute approximate surface area is 131 Å². The van der Waals surface area contributed by atoms with Gasteiger partial charge in [0.25, 0.3) is 0 Å². The van der Waals surface area contributed by atoms with Crippen LogP contribution in [0.15, 0.2) is 36.4 Å². The van der Waals surface area contributed by atoms with Crippen molar-refractivity contribution in [1.82, 2.24) is 4.98 Å². The molecule has 3 aromatic rings. The minimum absolute atomic E-state index is 0.273. The second-order valence-corrected chi connectivity index (χ2v) is 6.51. The maximum Gasteiger partial charge on any atom is 0.188 e. The molecule has 6 heteroatoms. The molecule has 0 spiro atoms. The first kappa shape index (κ1) is 13.1. The van der Waals surface area contributed by atoms with E-state index in [2.05, 4.69) is 32.9 Å². The monoisotopic (exact) mass is 404 g/mol. The molecule has 2 aromatic carbocycles. The molecule has 0 fully saturated rings. The van der Waals surface area contributed by atoms with Gasteiger partial charge in [-0.05, 0) is 52.9 Å². The fraction of sp³-hybridized carbons (Fsp3) is 0. The number of halogens is 3. The molecule has 1 N–H and O–H groups in total. The van der Waals surface area contributed by atoms with E-state index in [0.717, 1.165) is 19.1 Å². The highest BCUT2D eigenvalue weighted by Crippen LogP contribution is 2.31. The number of thiazole rings is 1. The first-order valence-corrected chi connectivity index (χ1v) is 7.67. The summed E-state index contributed by atoms with van der Waals surface area (Å²) in [7, 11) is 0. The van der Waals surface area contributed by atoms with E-state index in [1.807, 2.05) is 18.2 Å². The topological polar surface area (TPSA) is 24.9 Å². The summed E-state index contributed by atoms with van der Waals surface area (Å²) in [4.78, 5) is 4.36. The van der Waals surface area contributed by atoms with Crippen LogP contribution < -0.4 is 5.32 Å². The lowest BCUT2D eigenvalue weighted by Crippen LogP contribution is -1.91. The van der Waals surface area contributed by atoms with Crippen LogP contribution in [0.2, 0.25) is 5.02 Å². The van der Waals surface area contributed by atoms with Gasteiger partial charge in [-0.25, -0.2) is 9.37 Å². The summed E-state index contributed by atoms with van der Waals surface area (Å²) < 4.78 is 15.1. The number of rotatable bonds is 2. The lowest BCUT2D eigenvalue weighted by molar-refractivity contribution is 0.629. The summed E-state index contributed by atoms with van der Waals surface area (Å²) in [6, 6.07) is 10.2. The van der Waals surface area contributed by atoms with E-state index in [-0.39, 0.29) is 5.82 Å². The van der Waals surface area contributed by atoms with E-state index in [1.165, 1.54) is 23.5 Å². The van der Waals surface area contributed by atoms with Gasteiger partial charge in [-0.15, -0.1) is 0 Å². The predicted octanol–water partition coefficient (Wildman–Crippen LogP) is 5.44. The first-order valence-electron chi connectivity index (χ1n) is 5.40. The summed E-state index contributed by atoms with van der Waals surface area (Å²) in [6.07, 6.45) is 0. The average Bonchev–Trinajstić information content (AvgIpc) is 2.74. The molecule has 0 amide bonds. The van der Waals surface area contributed by atoms with E-state index in [4.69, 9.17) is 11.6 Å². The van der Waals surface area contributed by atoms with Crippen molar-refractivity contribution in [2.45, 2.75) is 0 Å². The Morgan fingerprint density at radius 2 is 2.05 bits per heavy atom. The summed E-state index contributed by atoms with van der Waals surface area (Å²) in [5.41, 5.74) is 1.60. The number of fused-ring (bicyclic) bond motifs is 1. The molecule has 0 aliphatic rings. The van der Waals surface area contributed by atoms with Crippen molar-refractivity contribution < 1.29 is 4.39 Å². The van der Waals surface area contributed by atoms with Crippen LogP contribution in [-0.4, -0.2) is 4.98 Å². The van der Waals surface area contributed by atoms with Crippen LogP contribution in [0.5, 0.6) is 0 Å². The van der Waals surface area contributed by atoms with Crippen molar-refractivity contribution >= 4 is 66.6 Å². The smallest absolute Gasteiger partial charge is 0.188 e. The second-order valence-electron chi connectivity index (χ2n) is 3.88. The van der Waals surface area contributed by atoms with Gasteiger partial charge in [0.1, 0.15) is 5.82 Å². The normalized spacial score (nSPS) is 10.9. The van der Waals surface area contributed by atoms with Gasteiger partial charge in [-0.1, -0.05) is 22.9 Å². The predicted molar refractivity (Wildman–Crippen MR) is 87.0 cm³/mol. The van der Waals surface area contributed by atoms with Crippen molar-refractivity contribution in [1.29, 1.82) is 0 Å². The highest BCUT2D eigenvalue weighted by Gasteiger charge is 2.07. The minimum atomic E-state index is -0.273. The maximum absolute atomic E-state index is 13.1. The lowest BCUT2D eigenvalue weighted by atomic mass is 10.3. The Morgan fingerprint density at radius 1 is 1.21 bits per heavy atom. The van der Waals surface area contributed by atoms with Crippen molar-refractivity contribution in [3.8, 4) is 0 Å². The number of benzene rings is 2. The minimum Gasteiger partial charge on any atom is -0.331 e. The quantitative estimate of drug-likeness (QED) is 0.576. The van der Waals surface area contributed by atoms with Gasteiger partial charge in [-0.3, -0.25) is 0 Å². The largest absolute Gasteiger partial charge is 0.331 e. The fourth-order valence-electron chi connectivity index (χ4n) is 1.66. The van der Waals surface area contributed by atoms with Gasteiger partial charge >= 0.3 is 0 Å². The molecule has 3 rings (SSSR count). The third kappa shape index (κ3) is 2.82. The van der Waals surface area contributed by atoms with Crippen LogP contribution in [0.3, 0.4) is 0 Å². The van der Waals surface area contributed by atoms with Crippen LogP contribution in [0.25, 0.3) is 10.2 Å². The number of hydrogen-bond acceptors (Lipinski definition) is 3. The third-order valence-electron chi connectivity index (χ3n) is 2.52. The average molecular weight is 405 g/mol. The van der Waals surface area contributed by atoms with Crippen LogP contribution in [0.1, 0.15) is 0 Å². The summed E-state index contributed by atoms with van der Waals surface area (Å²) in [5.74, 6) is -0.273. The number of nitrogens with zero attached hydrogens (tertiary/aromatic N) is 1. The Morgan fingerprint density at radius 3 is 2.84 bits per heavy atom. The SMILES string of the molecule is Fc1ccc2sc(Nc3ccc(Cl)cc3I)nc2c1. The zero-order valence-electron chi connectivity index (χ0n) is 9.45. The van der Waals surface area contributed by atoms with Gasteiger partial charge < -0.3 is 5.32 Å². The summed E-state index contributed by atoms with van der Waals surface area (Å²) in [5, 5.41) is 4.66. The van der Waals surface area contributed by atoms with E-state index >= 15 is 0 Å². The molecule has 1 heterocycles. The molecule has 96 valence electrons. The first-order chi connectivity index (χ1) is 9.11. The van der Waals surface area contributed by atoms with Crippen LogP contribution >= 0.6 is 45.5 Å². The van der Waals surface area contributed by atoms with Gasteiger partial charge in [0.15, 0.2) is 5.13 Å². The lowest BCUT2D eigenvalue weighted by Gasteiger charge is -2.05. The van der Waals surface area contributed by atoms with Crippen LogP contribution in [0.4, 0.5) is 15.2 Å². The molecule has 2 nitrogen and oxygen atoms in total. The molecule has 0 radical (unpaired) electrons. The second kappa shape index (κ2) is 5.22. The van der Waals surface area contributed by atoms with Crippen molar-refractivity contribution in [3.05, 3.63) is 50.8 Å². The number of nitrogens with one attached hydrogen (secondary N) is 1. The van der Waals surface area contributed by atoms with E-state index in [1.54, 1.807) is 6.07 Å². The number of anilines is 2.